The maximum absolute atomic E-state index is 9.11. The minimum absolute atomic E-state index is 0.240. The summed E-state index contributed by atoms with van der Waals surface area (Å²) in [7, 11) is 0. The van der Waals surface area contributed by atoms with Gasteiger partial charge in [0, 0.05) is 19.7 Å². The van der Waals surface area contributed by atoms with Gasteiger partial charge in [0.2, 0.25) is 0 Å². The van der Waals surface area contributed by atoms with Crippen LogP contribution in [-0.4, -0.2) is 37.5 Å². The number of hydrogen-bond acceptors (Lipinski definition) is 3. The molecule has 1 saturated carbocycles. The van der Waals surface area contributed by atoms with Gasteiger partial charge in [-0.1, -0.05) is 0 Å². The first-order valence-electron chi connectivity index (χ1n) is 4.78. The van der Waals surface area contributed by atoms with Crippen LogP contribution >= 0.6 is 0 Å². The number of rotatable bonds is 3. The first kappa shape index (κ1) is 8.48. The largest absolute Gasteiger partial charge is 0.396 e. The fourth-order valence-corrected chi connectivity index (χ4v) is 1.84. The van der Waals surface area contributed by atoms with Gasteiger partial charge in [-0.05, 0) is 24.7 Å². The first-order valence-corrected chi connectivity index (χ1v) is 4.78. The first-order chi connectivity index (χ1) is 5.85. The van der Waals surface area contributed by atoms with Crippen LogP contribution in [0, 0.1) is 5.41 Å². The van der Waals surface area contributed by atoms with E-state index < -0.39 is 0 Å². The molecule has 70 valence electrons. The molecule has 1 heterocycles. The van der Waals surface area contributed by atoms with Crippen molar-refractivity contribution < 1.29 is 9.84 Å². The molecule has 1 aliphatic heterocycles. The molecular formula is C9H17NO2. The summed E-state index contributed by atoms with van der Waals surface area (Å²) < 4.78 is 5.58. The Hall–Kier alpha value is -0.120. The molecule has 1 unspecified atom stereocenters. The summed E-state index contributed by atoms with van der Waals surface area (Å²) in [6.45, 7) is 3.10. The van der Waals surface area contributed by atoms with Crippen molar-refractivity contribution in [1.82, 2.24) is 5.32 Å². The van der Waals surface area contributed by atoms with Gasteiger partial charge in [0.25, 0.3) is 0 Å². The molecule has 12 heavy (non-hydrogen) atoms. The third-order valence-electron chi connectivity index (χ3n) is 2.96. The summed E-state index contributed by atoms with van der Waals surface area (Å²) in [5, 5.41) is 12.4. The zero-order valence-electron chi connectivity index (χ0n) is 7.38. The van der Waals surface area contributed by atoms with Crippen LogP contribution in [-0.2, 0) is 4.74 Å². The Bertz CT molecular complexity index is 151. The normalized spacial score (nSPS) is 33.2. The van der Waals surface area contributed by atoms with Crippen molar-refractivity contribution in [2.75, 3.05) is 26.3 Å². The van der Waals surface area contributed by atoms with E-state index >= 15 is 0 Å². The minimum Gasteiger partial charge on any atom is -0.396 e. The Morgan fingerprint density at radius 2 is 2.33 bits per heavy atom. The van der Waals surface area contributed by atoms with Crippen LogP contribution in [0.5, 0.6) is 0 Å². The molecule has 2 fully saturated rings. The van der Waals surface area contributed by atoms with E-state index in [1.54, 1.807) is 0 Å². The molecule has 3 nitrogen and oxygen atoms in total. The molecule has 0 aromatic carbocycles. The van der Waals surface area contributed by atoms with Crippen molar-refractivity contribution in [3.63, 3.8) is 0 Å². The van der Waals surface area contributed by atoms with Gasteiger partial charge >= 0.3 is 0 Å². The molecule has 0 aromatic rings. The molecule has 2 aliphatic rings. The van der Waals surface area contributed by atoms with E-state index in [0.717, 1.165) is 26.1 Å². The molecule has 2 N–H and O–H groups in total. The number of hydrogen-bond donors (Lipinski definition) is 2. The summed E-state index contributed by atoms with van der Waals surface area (Å²) in [6, 6.07) is 0. The van der Waals surface area contributed by atoms with Crippen molar-refractivity contribution in [1.29, 1.82) is 0 Å². The SMILES string of the molecule is OCC1(CC2CNCCO2)CC1. The summed E-state index contributed by atoms with van der Waals surface area (Å²) in [4.78, 5) is 0. The van der Waals surface area contributed by atoms with E-state index in [4.69, 9.17) is 9.84 Å². The Kier molecular flexibility index (Phi) is 2.35. The Morgan fingerprint density at radius 3 is 2.83 bits per heavy atom. The van der Waals surface area contributed by atoms with Crippen LogP contribution in [0.3, 0.4) is 0 Å². The second-order valence-corrected chi connectivity index (χ2v) is 4.06. The molecule has 0 bridgehead atoms. The van der Waals surface area contributed by atoms with Crippen molar-refractivity contribution in [2.45, 2.75) is 25.4 Å². The van der Waals surface area contributed by atoms with Gasteiger partial charge < -0.3 is 15.2 Å². The molecule has 0 amide bonds. The molecule has 0 aromatic heterocycles. The summed E-state index contributed by atoms with van der Waals surface area (Å²) >= 11 is 0. The van der Waals surface area contributed by atoms with Crippen LogP contribution in [0.25, 0.3) is 0 Å². The Balaban J connectivity index is 1.77. The highest BCUT2D eigenvalue weighted by molar-refractivity contribution is 4.95. The topological polar surface area (TPSA) is 41.5 Å². The van der Waals surface area contributed by atoms with Crippen molar-refractivity contribution in [3.8, 4) is 0 Å². The lowest BCUT2D eigenvalue weighted by Crippen LogP contribution is -2.40. The smallest absolute Gasteiger partial charge is 0.0706 e. The highest BCUT2D eigenvalue weighted by atomic mass is 16.5. The quantitative estimate of drug-likeness (QED) is 0.634. The fraction of sp³-hybridized carbons (Fsp3) is 1.00. The monoisotopic (exact) mass is 171 g/mol. The Labute approximate surface area is 73.1 Å². The van der Waals surface area contributed by atoms with E-state index in [1.807, 2.05) is 0 Å². The minimum atomic E-state index is 0.240. The fourth-order valence-electron chi connectivity index (χ4n) is 1.84. The van der Waals surface area contributed by atoms with Gasteiger partial charge in [0.05, 0.1) is 12.7 Å². The van der Waals surface area contributed by atoms with Crippen LogP contribution in [0.4, 0.5) is 0 Å². The van der Waals surface area contributed by atoms with E-state index in [-0.39, 0.29) is 5.41 Å². The number of ether oxygens (including phenoxy) is 1. The van der Waals surface area contributed by atoms with Crippen molar-refractivity contribution in [2.24, 2.45) is 5.41 Å². The van der Waals surface area contributed by atoms with Gasteiger partial charge in [0.15, 0.2) is 0 Å². The van der Waals surface area contributed by atoms with E-state index in [0.29, 0.717) is 12.7 Å². The molecule has 1 saturated heterocycles. The zero-order valence-corrected chi connectivity index (χ0v) is 7.38. The average molecular weight is 171 g/mol. The standard InChI is InChI=1S/C9H17NO2/c11-7-9(1-2-9)5-8-6-10-3-4-12-8/h8,10-11H,1-7H2. The maximum atomic E-state index is 9.11. The van der Waals surface area contributed by atoms with Gasteiger partial charge in [-0.15, -0.1) is 0 Å². The summed E-state index contributed by atoms with van der Waals surface area (Å²) in [5.41, 5.74) is 0.240. The lowest BCUT2D eigenvalue weighted by molar-refractivity contribution is 0.00343. The third kappa shape index (κ3) is 1.79. The molecule has 1 atom stereocenters. The van der Waals surface area contributed by atoms with Crippen LogP contribution in [0.15, 0.2) is 0 Å². The van der Waals surface area contributed by atoms with Gasteiger partial charge in [-0.25, -0.2) is 0 Å². The molecule has 0 radical (unpaired) electrons. The average Bonchev–Trinajstić information content (AvgIpc) is 2.88. The highest BCUT2D eigenvalue weighted by Crippen LogP contribution is 2.49. The lowest BCUT2D eigenvalue weighted by atomic mass is 9.99. The van der Waals surface area contributed by atoms with E-state index in [1.165, 1.54) is 12.8 Å². The van der Waals surface area contributed by atoms with Crippen LogP contribution in [0.2, 0.25) is 0 Å². The third-order valence-corrected chi connectivity index (χ3v) is 2.96. The molecule has 2 rings (SSSR count). The number of aliphatic hydroxyl groups excluding tert-OH is 1. The van der Waals surface area contributed by atoms with Gasteiger partial charge in [0.1, 0.15) is 0 Å². The summed E-state index contributed by atoms with van der Waals surface area (Å²) in [6.07, 6.45) is 3.75. The molecule has 0 spiro atoms. The van der Waals surface area contributed by atoms with Crippen molar-refractivity contribution >= 4 is 0 Å². The molecular weight excluding hydrogens is 154 g/mol. The van der Waals surface area contributed by atoms with Crippen LogP contribution in [0.1, 0.15) is 19.3 Å². The van der Waals surface area contributed by atoms with E-state index in [2.05, 4.69) is 5.32 Å². The zero-order chi connectivity index (χ0) is 8.44. The Morgan fingerprint density at radius 1 is 1.50 bits per heavy atom. The molecule has 1 aliphatic carbocycles. The predicted molar refractivity (Wildman–Crippen MR) is 46.0 cm³/mol. The predicted octanol–water partition coefficient (Wildman–Crippen LogP) is 0.137. The van der Waals surface area contributed by atoms with Gasteiger partial charge in [-0.2, -0.15) is 0 Å². The second kappa shape index (κ2) is 3.32. The lowest BCUT2D eigenvalue weighted by Gasteiger charge is -2.26. The summed E-state index contributed by atoms with van der Waals surface area (Å²) in [5.74, 6) is 0. The second-order valence-electron chi connectivity index (χ2n) is 4.06. The number of morpholine rings is 1. The number of nitrogens with one attached hydrogen (secondary N) is 1. The van der Waals surface area contributed by atoms with Crippen LogP contribution < -0.4 is 5.32 Å². The van der Waals surface area contributed by atoms with Gasteiger partial charge in [-0.3, -0.25) is 0 Å². The number of aliphatic hydroxyl groups is 1. The molecule has 3 heteroatoms. The maximum Gasteiger partial charge on any atom is 0.0706 e. The highest BCUT2D eigenvalue weighted by Gasteiger charge is 2.43. The van der Waals surface area contributed by atoms with E-state index in [9.17, 15) is 0 Å². The van der Waals surface area contributed by atoms with Crippen molar-refractivity contribution in [3.05, 3.63) is 0 Å².